The number of benzene rings is 2. The number of nitrogens with zero attached hydrogens (tertiary/aromatic N) is 1. The molecule has 2 aromatic carbocycles. The lowest BCUT2D eigenvalue weighted by atomic mass is 9.98. The highest BCUT2D eigenvalue weighted by Crippen LogP contribution is 2.36. The van der Waals surface area contributed by atoms with Crippen LogP contribution >= 0.6 is 11.3 Å². The van der Waals surface area contributed by atoms with E-state index >= 15 is 0 Å². The van der Waals surface area contributed by atoms with Crippen LogP contribution in [0.4, 0.5) is 0 Å². The van der Waals surface area contributed by atoms with Crippen LogP contribution in [-0.4, -0.2) is 23.4 Å². The van der Waals surface area contributed by atoms with E-state index in [4.69, 9.17) is 0 Å². The summed E-state index contributed by atoms with van der Waals surface area (Å²) in [7, 11) is 0. The number of amides is 1. The van der Waals surface area contributed by atoms with Gasteiger partial charge in [0.2, 0.25) is 5.91 Å². The van der Waals surface area contributed by atoms with Gasteiger partial charge < -0.3 is 5.32 Å². The Morgan fingerprint density at radius 3 is 2.21 bits per heavy atom. The molecule has 1 aliphatic heterocycles. The van der Waals surface area contributed by atoms with E-state index in [0.717, 1.165) is 30.5 Å². The van der Waals surface area contributed by atoms with Crippen LogP contribution in [0.5, 0.6) is 0 Å². The van der Waals surface area contributed by atoms with Crippen LogP contribution in [0.3, 0.4) is 0 Å². The molecule has 0 unspecified atom stereocenters. The molecule has 0 saturated carbocycles. The molecule has 0 spiro atoms. The van der Waals surface area contributed by atoms with E-state index in [0.29, 0.717) is 6.04 Å². The van der Waals surface area contributed by atoms with E-state index < -0.39 is 0 Å². The fraction of sp³-hybridized carbons (Fsp3) is 0.292. The molecule has 1 aliphatic rings. The van der Waals surface area contributed by atoms with Gasteiger partial charge in [-0.2, -0.15) is 0 Å². The molecule has 3 aromatic rings. The van der Waals surface area contributed by atoms with Gasteiger partial charge in [0.25, 0.3) is 0 Å². The first-order valence-electron chi connectivity index (χ1n) is 9.93. The fourth-order valence-corrected chi connectivity index (χ4v) is 4.98. The number of carbonyl (C=O) groups excluding carboxylic acids is 1. The summed E-state index contributed by atoms with van der Waals surface area (Å²) in [6, 6.07) is 24.7. The van der Waals surface area contributed by atoms with Crippen molar-refractivity contribution >= 4 is 17.2 Å². The van der Waals surface area contributed by atoms with E-state index in [9.17, 15) is 4.79 Å². The maximum Gasteiger partial charge on any atom is 0.237 e. The highest BCUT2D eigenvalue weighted by molar-refractivity contribution is 7.10. The van der Waals surface area contributed by atoms with Crippen molar-refractivity contribution in [3.05, 3.63) is 94.2 Å². The van der Waals surface area contributed by atoms with Crippen molar-refractivity contribution in [2.45, 2.75) is 37.9 Å². The SMILES string of the molecule is C[C@H](C(=O)NC(c1ccccc1)c1ccccc1)N1CCC[C@@H]1c1cccs1. The summed E-state index contributed by atoms with van der Waals surface area (Å²) in [6.45, 7) is 3.01. The predicted octanol–water partition coefficient (Wildman–Crippen LogP) is 5.18. The molecule has 1 fully saturated rings. The topological polar surface area (TPSA) is 32.3 Å². The molecule has 1 N–H and O–H groups in total. The molecule has 28 heavy (non-hydrogen) atoms. The number of likely N-dealkylation sites (tertiary alicyclic amines) is 1. The van der Waals surface area contributed by atoms with Crippen LogP contribution < -0.4 is 5.32 Å². The first-order chi connectivity index (χ1) is 13.7. The Morgan fingerprint density at radius 2 is 1.64 bits per heavy atom. The number of rotatable bonds is 6. The average molecular weight is 391 g/mol. The number of hydrogen-bond donors (Lipinski definition) is 1. The summed E-state index contributed by atoms with van der Waals surface area (Å²) in [4.78, 5) is 17.0. The number of thiophene rings is 1. The van der Waals surface area contributed by atoms with Crippen LogP contribution in [0, 0.1) is 0 Å². The number of nitrogens with one attached hydrogen (secondary N) is 1. The second-order valence-electron chi connectivity index (χ2n) is 7.35. The summed E-state index contributed by atoms with van der Waals surface area (Å²) < 4.78 is 0. The van der Waals surface area contributed by atoms with Gasteiger partial charge in [-0.1, -0.05) is 66.7 Å². The molecule has 3 nitrogen and oxygen atoms in total. The molecule has 1 aromatic heterocycles. The average Bonchev–Trinajstić information content (AvgIpc) is 3.44. The van der Waals surface area contributed by atoms with Crippen molar-refractivity contribution in [2.75, 3.05) is 6.54 Å². The molecule has 1 amide bonds. The Balaban J connectivity index is 1.54. The van der Waals surface area contributed by atoms with Gasteiger partial charge in [-0.25, -0.2) is 0 Å². The van der Waals surface area contributed by atoms with E-state index in [1.807, 2.05) is 43.3 Å². The van der Waals surface area contributed by atoms with Crippen LogP contribution in [0.25, 0.3) is 0 Å². The lowest BCUT2D eigenvalue weighted by Crippen LogP contribution is -2.45. The third kappa shape index (κ3) is 4.03. The number of carbonyl (C=O) groups is 1. The van der Waals surface area contributed by atoms with Crippen molar-refractivity contribution in [3.63, 3.8) is 0 Å². The third-order valence-electron chi connectivity index (χ3n) is 5.60. The van der Waals surface area contributed by atoms with Crippen LogP contribution in [0.2, 0.25) is 0 Å². The van der Waals surface area contributed by atoms with Crippen molar-refractivity contribution in [1.82, 2.24) is 10.2 Å². The first kappa shape index (κ1) is 18.9. The van der Waals surface area contributed by atoms with E-state index in [1.165, 1.54) is 4.88 Å². The molecular weight excluding hydrogens is 364 g/mol. The quantitative estimate of drug-likeness (QED) is 0.629. The van der Waals surface area contributed by atoms with Crippen molar-refractivity contribution < 1.29 is 4.79 Å². The normalized spacial score (nSPS) is 18.3. The highest BCUT2D eigenvalue weighted by Gasteiger charge is 2.34. The van der Waals surface area contributed by atoms with Gasteiger partial charge in [0.05, 0.1) is 12.1 Å². The van der Waals surface area contributed by atoms with Crippen molar-refractivity contribution in [3.8, 4) is 0 Å². The van der Waals surface area contributed by atoms with Gasteiger partial charge in [-0.15, -0.1) is 11.3 Å². The monoisotopic (exact) mass is 390 g/mol. The Kier molecular flexibility index (Phi) is 5.89. The molecule has 2 heterocycles. The lowest BCUT2D eigenvalue weighted by molar-refractivity contribution is -0.126. The largest absolute Gasteiger partial charge is 0.344 e. The molecule has 4 rings (SSSR count). The molecule has 144 valence electrons. The van der Waals surface area contributed by atoms with Gasteiger partial charge in [-0.05, 0) is 48.9 Å². The summed E-state index contributed by atoms with van der Waals surface area (Å²) in [5, 5.41) is 5.44. The molecule has 0 aliphatic carbocycles. The first-order valence-corrected chi connectivity index (χ1v) is 10.8. The Hall–Kier alpha value is -2.43. The van der Waals surface area contributed by atoms with Crippen molar-refractivity contribution in [2.24, 2.45) is 0 Å². The second kappa shape index (κ2) is 8.72. The summed E-state index contributed by atoms with van der Waals surface area (Å²) in [5.74, 6) is 0.0844. The zero-order valence-corrected chi connectivity index (χ0v) is 16.9. The minimum Gasteiger partial charge on any atom is -0.344 e. The van der Waals surface area contributed by atoms with E-state index in [2.05, 4.69) is 52.0 Å². The van der Waals surface area contributed by atoms with Crippen LogP contribution in [0.15, 0.2) is 78.2 Å². The van der Waals surface area contributed by atoms with E-state index in [1.54, 1.807) is 11.3 Å². The van der Waals surface area contributed by atoms with Crippen LogP contribution in [-0.2, 0) is 4.79 Å². The third-order valence-corrected chi connectivity index (χ3v) is 6.57. The zero-order valence-electron chi connectivity index (χ0n) is 16.1. The highest BCUT2D eigenvalue weighted by atomic mass is 32.1. The fourth-order valence-electron chi connectivity index (χ4n) is 4.10. The van der Waals surface area contributed by atoms with Gasteiger partial charge in [0.15, 0.2) is 0 Å². The van der Waals surface area contributed by atoms with E-state index in [-0.39, 0.29) is 18.0 Å². The maximum atomic E-state index is 13.3. The molecule has 1 saturated heterocycles. The smallest absolute Gasteiger partial charge is 0.237 e. The van der Waals surface area contributed by atoms with Gasteiger partial charge in [0, 0.05) is 10.9 Å². The minimum absolute atomic E-state index is 0.0844. The standard InChI is InChI=1S/C24H26N2OS/c1-18(26-16-8-14-21(26)22-15-9-17-28-22)24(27)25-23(19-10-4-2-5-11-19)20-12-6-3-7-13-20/h2-7,9-13,15,17-18,21,23H,8,14,16H2,1H3,(H,25,27)/t18-,21-/m1/s1. The second-order valence-corrected chi connectivity index (χ2v) is 8.33. The van der Waals surface area contributed by atoms with Gasteiger partial charge in [-0.3, -0.25) is 9.69 Å². The lowest BCUT2D eigenvalue weighted by Gasteiger charge is -2.31. The zero-order chi connectivity index (χ0) is 19.3. The molecule has 0 bridgehead atoms. The molecule has 2 atom stereocenters. The Bertz CT molecular complexity index is 840. The Morgan fingerprint density at radius 1 is 1.00 bits per heavy atom. The Labute approximate surface area is 171 Å². The van der Waals surface area contributed by atoms with Gasteiger partial charge >= 0.3 is 0 Å². The molecule has 4 heteroatoms. The molecular formula is C24H26N2OS. The van der Waals surface area contributed by atoms with Gasteiger partial charge in [0.1, 0.15) is 0 Å². The van der Waals surface area contributed by atoms with Crippen LogP contribution in [0.1, 0.15) is 47.9 Å². The minimum atomic E-state index is -0.162. The number of hydrogen-bond acceptors (Lipinski definition) is 3. The maximum absolute atomic E-state index is 13.3. The summed E-state index contributed by atoms with van der Waals surface area (Å²) in [5.41, 5.74) is 2.20. The summed E-state index contributed by atoms with van der Waals surface area (Å²) in [6.07, 6.45) is 2.26. The van der Waals surface area contributed by atoms with Crippen molar-refractivity contribution in [1.29, 1.82) is 0 Å². The predicted molar refractivity (Wildman–Crippen MR) is 115 cm³/mol. The molecule has 0 radical (unpaired) electrons. The summed E-state index contributed by atoms with van der Waals surface area (Å²) >= 11 is 1.79.